The summed E-state index contributed by atoms with van der Waals surface area (Å²) in [6.07, 6.45) is 3.84. The van der Waals surface area contributed by atoms with Gasteiger partial charge in [-0.3, -0.25) is 4.90 Å². The summed E-state index contributed by atoms with van der Waals surface area (Å²) < 4.78 is 8.86. The van der Waals surface area contributed by atoms with Crippen molar-refractivity contribution < 1.29 is 4.74 Å². The van der Waals surface area contributed by atoms with Crippen molar-refractivity contribution in [1.29, 1.82) is 0 Å². The van der Waals surface area contributed by atoms with Crippen LogP contribution in [0.4, 0.5) is 0 Å². The predicted molar refractivity (Wildman–Crippen MR) is 102 cm³/mol. The number of benzene rings is 1. The minimum absolute atomic E-state index is 0. The van der Waals surface area contributed by atoms with E-state index in [2.05, 4.69) is 35.7 Å². The SMILES string of the molecule is Cl.Cn1ccnc1C1CNCCN1CCOc1ccc(Cl)cc1Br. The van der Waals surface area contributed by atoms with Crippen LogP contribution in [-0.4, -0.2) is 47.2 Å². The van der Waals surface area contributed by atoms with Gasteiger partial charge in [0.05, 0.1) is 10.5 Å². The minimum atomic E-state index is 0. The summed E-state index contributed by atoms with van der Waals surface area (Å²) in [5, 5.41) is 4.14. The molecule has 1 atom stereocenters. The largest absolute Gasteiger partial charge is 0.491 e. The maximum Gasteiger partial charge on any atom is 0.133 e. The van der Waals surface area contributed by atoms with Gasteiger partial charge in [0.25, 0.3) is 0 Å². The molecule has 0 aliphatic carbocycles. The molecule has 5 nitrogen and oxygen atoms in total. The number of piperazine rings is 1. The molecule has 1 aromatic heterocycles. The highest BCUT2D eigenvalue weighted by Crippen LogP contribution is 2.28. The topological polar surface area (TPSA) is 42.3 Å². The number of hydrogen-bond acceptors (Lipinski definition) is 4. The monoisotopic (exact) mass is 434 g/mol. The first-order chi connectivity index (χ1) is 11.1. The number of rotatable bonds is 5. The lowest BCUT2D eigenvalue weighted by Gasteiger charge is -2.35. The van der Waals surface area contributed by atoms with Crippen molar-refractivity contribution in [3.8, 4) is 5.75 Å². The average Bonchev–Trinajstić information content (AvgIpc) is 2.96. The second-order valence-electron chi connectivity index (χ2n) is 5.58. The van der Waals surface area contributed by atoms with E-state index in [0.717, 1.165) is 42.2 Å². The molecule has 1 aliphatic rings. The molecular formula is C16H21BrCl2N4O. The first-order valence-electron chi connectivity index (χ1n) is 7.65. The van der Waals surface area contributed by atoms with Crippen molar-refractivity contribution in [3.63, 3.8) is 0 Å². The smallest absolute Gasteiger partial charge is 0.133 e. The zero-order valence-electron chi connectivity index (χ0n) is 13.4. The molecule has 1 saturated heterocycles. The Bertz CT molecular complexity index is 667. The number of imidazole rings is 1. The highest BCUT2D eigenvalue weighted by Gasteiger charge is 2.26. The number of aromatic nitrogens is 2. The Morgan fingerprint density at radius 2 is 2.29 bits per heavy atom. The molecule has 1 fully saturated rings. The van der Waals surface area contributed by atoms with Crippen LogP contribution in [0.25, 0.3) is 0 Å². The van der Waals surface area contributed by atoms with Crippen molar-refractivity contribution in [2.24, 2.45) is 7.05 Å². The van der Waals surface area contributed by atoms with Gasteiger partial charge in [0.1, 0.15) is 18.2 Å². The second-order valence-corrected chi connectivity index (χ2v) is 6.87. The summed E-state index contributed by atoms with van der Waals surface area (Å²) in [4.78, 5) is 6.92. The summed E-state index contributed by atoms with van der Waals surface area (Å²) in [6, 6.07) is 5.85. The van der Waals surface area contributed by atoms with E-state index >= 15 is 0 Å². The minimum Gasteiger partial charge on any atom is -0.491 e. The van der Waals surface area contributed by atoms with Crippen LogP contribution in [0.5, 0.6) is 5.75 Å². The number of nitrogens with one attached hydrogen (secondary N) is 1. The van der Waals surface area contributed by atoms with Gasteiger partial charge in [-0.25, -0.2) is 4.98 Å². The molecule has 0 bridgehead atoms. The molecule has 1 aliphatic heterocycles. The second kappa shape index (κ2) is 9.06. The Balaban J connectivity index is 0.00000208. The van der Waals surface area contributed by atoms with E-state index in [1.54, 1.807) is 0 Å². The number of hydrogen-bond donors (Lipinski definition) is 1. The zero-order valence-corrected chi connectivity index (χ0v) is 16.6. The van der Waals surface area contributed by atoms with E-state index in [1.165, 1.54) is 0 Å². The van der Waals surface area contributed by atoms with Gasteiger partial charge >= 0.3 is 0 Å². The Labute approximate surface area is 161 Å². The molecule has 8 heteroatoms. The van der Waals surface area contributed by atoms with Crippen molar-refractivity contribution in [1.82, 2.24) is 19.8 Å². The highest BCUT2D eigenvalue weighted by molar-refractivity contribution is 9.10. The van der Waals surface area contributed by atoms with Gasteiger partial charge in [-0.05, 0) is 34.1 Å². The molecule has 1 N–H and O–H groups in total. The Morgan fingerprint density at radius 1 is 1.46 bits per heavy atom. The number of ether oxygens (including phenoxy) is 1. The Kier molecular flexibility index (Phi) is 7.37. The molecule has 3 rings (SSSR count). The fourth-order valence-electron chi connectivity index (χ4n) is 2.83. The molecule has 0 spiro atoms. The maximum absolute atomic E-state index is 5.95. The number of nitrogens with zero attached hydrogens (tertiary/aromatic N) is 3. The van der Waals surface area contributed by atoms with Crippen LogP contribution in [0.15, 0.2) is 35.1 Å². The van der Waals surface area contributed by atoms with E-state index < -0.39 is 0 Å². The van der Waals surface area contributed by atoms with Crippen LogP contribution in [0.2, 0.25) is 5.02 Å². The van der Waals surface area contributed by atoms with Gasteiger partial charge in [0.2, 0.25) is 0 Å². The summed E-state index contributed by atoms with van der Waals surface area (Å²) >= 11 is 9.43. The van der Waals surface area contributed by atoms with E-state index in [0.29, 0.717) is 11.6 Å². The lowest BCUT2D eigenvalue weighted by atomic mass is 10.2. The molecule has 1 aromatic carbocycles. The zero-order chi connectivity index (χ0) is 16.2. The van der Waals surface area contributed by atoms with Crippen LogP contribution in [0.1, 0.15) is 11.9 Å². The normalized spacial score (nSPS) is 18.2. The lowest BCUT2D eigenvalue weighted by molar-refractivity contribution is 0.127. The summed E-state index contributed by atoms with van der Waals surface area (Å²) in [7, 11) is 2.04. The van der Waals surface area contributed by atoms with E-state index in [9.17, 15) is 0 Å². The van der Waals surface area contributed by atoms with E-state index in [1.807, 2.05) is 37.6 Å². The van der Waals surface area contributed by atoms with Crippen LogP contribution in [0.3, 0.4) is 0 Å². The van der Waals surface area contributed by atoms with Gasteiger partial charge in [0.15, 0.2) is 0 Å². The molecule has 132 valence electrons. The molecule has 0 saturated carbocycles. The fraction of sp³-hybridized carbons (Fsp3) is 0.438. The fourth-order valence-corrected chi connectivity index (χ4v) is 3.63. The standard InChI is InChI=1S/C16H20BrClN4O.ClH/c1-21-6-5-20-16(21)14-11-19-4-7-22(14)8-9-23-15-3-2-12(18)10-13(15)17;/h2-3,5-6,10,14,19H,4,7-9,11H2,1H3;1H. The van der Waals surface area contributed by atoms with Crippen LogP contribution in [0, 0.1) is 0 Å². The molecular weight excluding hydrogens is 415 g/mol. The van der Waals surface area contributed by atoms with E-state index in [4.69, 9.17) is 16.3 Å². The van der Waals surface area contributed by atoms with Gasteiger partial charge in [-0.2, -0.15) is 0 Å². The van der Waals surface area contributed by atoms with Crippen LogP contribution >= 0.6 is 39.9 Å². The average molecular weight is 436 g/mol. The summed E-state index contributed by atoms with van der Waals surface area (Å²) in [5.41, 5.74) is 0. The Morgan fingerprint density at radius 3 is 3.00 bits per heavy atom. The van der Waals surface area contributed by atoms with Crippen LogP contribution < -0.4 is 10.1 Å². The highest BCUT2D eigenvalue weighted by atomic mass is 79.9. The molecule has 0 amide bonds. The van der Waals surface area contributed by atoms with Gasteiger partial charge < -0.3 is 14.6 Å². The van der Waals surface area contributed by atoms with Crippen molar-refractivity contribution in [2.45, 2.75) is 6.04 Å². The molecule has 0 radical (unpaired) electrons. The molecule has 24 heavy (non-hydrogen) atoms. The summed E-state index contributed by atoms with van der Waals surface area (Å²) in [6.45, 7) is 4.37. The van der Waals surface area contributed by atoms with Gasteiger partial charge in [-0.15, -0.1) is 12.4 Å². The molecule has 2 aromatic rings. The molecule has 2 heterocycles. The third-order valence-electron chi connectivity index (χ3n) is 4.04. The number of aryl methyl sites for hydroxylation is 1. The van der Waals surface area contributed by atoms with Crippen LogP contribution in [-0.2, 0) is 7.05 Å². The predicted octanol–water partition coefficient (Wildman–Crippen LogP) is 3.28. The molecule has 1 unspecified atom stereocenters. The Hall–Kier alpha value is -0.790. The number of halogens is 3. The third kappa shape index (κ3) is 4.64. The van der Waals surface area contributed by atoms with Gasteiger partial charge in [-0.1, -0.05) is 11.6 Å². The first-order valence-corrected chi connectivity index (χ1v) is 8.82. The lowest BCUT2D eigenvalue weighted by Crippen LogP contribution is -2.48. The maximum atomic E-state index is 5.95. The first kappa shape index (κ1) is 19.5. The van der Waals surface area contributed by atoms with Crippen molar-refractivity contribution in [3.05, 3.63) is 45.9 Å². The van der Waals surface area contributed by atoms with Crippen molar-refractivity contribution >= 4 is 39.9 Å². The summed E-state index contributed by atoms with van der Waals surface area (Å²) in [5.74, 6) is 1.91. The van der Waals surface area contributed by atoms with E-state index in [-0.39, 0.29) is 18.4 Å². The van der Waals surface area contributed by atoms with Gasteiger partial charge in [0, 0.05) is 50.6 Å². The van der Waals surface area contributed by atoms with Crippen molar-refractivity contribution in [2.75, 3.05) is 32.8 Å². The third-order valence-corrected chi connectivity index (χ3v) is 4.90. The quantitative estimate of drug-likeness (QED) is 0.782.